The molecule has 0 aromatic carbocycles. The van der Waals surface area contributed by atoms with Crippen LogP contribution in [-0.2, 0) is 38.0 Å². The molecule has 4 saturated carbocycles. The minimum absolute atomic E-state index is 0.0457. The van der Waals surface area contributed by atoms with Crippen LogP contribution in [0.2, 0.25) is 0 Å². The van der Waals surface area contributed by atoms with Gasteiger partial charge in [-0.1, -0.05) is 13.8 Å². The SMILES string of the molecule is CO[C@@H]1C[C@H](O[C@H]2CC[C@@]3(C)[C@H](CC[C@@]45O[C@@]46CC[C@H](C4=CC(=O)OC4)[C@@]6(C)CC[C@H]35)C2)O[C@H](C)[C@@H]1O[C@@H]1O[C@H](CO)[C@@H](O)[C@H](O)[C@H]1O. The van der Waals surface area contributed by atoms with Gasteiger partial charge in [-0.3, -0.25) is 0 Å². The summed E-state index contributed by atoms with van der Waals surface area (Å²) >= 11 is 0. The standard InChI is InChI=1S/C36H54O12/c1-18-31(47-32-30(41)29(40)28(39)24(16-37)46-32)23(42-4)15-27(44-18)45-21-6-9-33(2)20(14-21)5-11-35-25(33)8-10-34(3)22(7-12-36(34,35)48-35)19-13-26(38)43-17-19/h13,18,20-25,27-32,37,39-41H,5-12,14-17H2,1-4H3/t18-,20-,21+,22-,23-,24-,25-,27+,28-,29+,30-,31+,32+,33+,34-,35+,36-/m1/s1. The zero-order valence-corrected chi connectivity index (χ0v) is 28.6. The number of cyclic esters (lactones) is 1. The zero-order chi connectivity index (χ0) is 33.8. The average Bonchev–Trinajstić information content (AvgIpc) is 3.38. The van der Waals surface area contributed by atoms with Gasteiger partial charge in [0, 0.05) is 25.0 Å². The lowest BCUT2D eigenvalue weighted by Crippen LogP contribution is -2.61. The van der Waals surface area contributed by atoms with Crippen LogP contribution in [0.1, 0.15) is 85.0 Å². The third-order valence-corrected chi connectivity index (χ3v) is 14.7. The first-order chi connectivity index (χ1) is 22.9. The van der Waals surface area contributed by atoms with Crippen molar-refractivity contribution in [2.24, 2.45) is 28.6 Å². The fraction of sp³-hybridized carbons (Fsp3) is 0.917. The maximum atomic E-state index is 11.9. The number of rotatable bonds is 7. The molecule has 4 aliphatic carbocycles. The molecule has 12 heteroatoms. The van der Waals surface area contributed by atoms with Gasteiger partial charge in [-0.25, -0.2) is 4.79 Å². The number of ether oxygens (including phenoxy) is 7. The van der Waals surface area contributed by atoms with Crippen LogP contribution in [0, 0.1) is 28.6 Å². The normalized spacial score (nSPS) is 56.0. The number of esters is 1. The Hall–Kier alpha value is -1.19. The molecular formula is C36H54O12. The second kappa shape index (κ2) is 11.9. The Morgan fingerprint density at radius 1 is 0.938 bits per heavy atom. The van der Waals surface area contributed by atoms with Gasteiger partial charge in [0.1, 0.15) is 48.3 Å². The van der Waals surface area contributed by atoms with Crippen molar-refractivity contribution in [2.45, 2.75) is 158 Å². The zero-order valence-electron chi connectivity index (χ0n) is 28.6. The first-order valence-corrected chi connectivity index (χ1v) is 18.3. The molecule has 17 atom stereocenters. The van der Waals surface area contributed by atoms with E-state index in [1.807, 2.05) is 6.92 Å². The highest BCUT2D eigenvalue weighted by Crippen LogP contribution is 2.81. The van der Waals surface area contributed by atoms with Crippen molar-refractivity contribution >= 4 is 5.97 Å². The third-order valence-electron chi connectivity index (χ3n) is 14.7. The Morgan fingerprint density at radius 3 is 2.48 bits per heavy atom. The summed E-state index contributed by atoms with van der Waals surface area (Å²) in [7, 11) is 1.60. The topological polar surface area (TPSA) is 166 Å². The average molecular weight is 679 g/mol. The van der Waals surface area contributed by atoms with E-state index in [1.54, 1.807) is 13.2 Å². The molecule has 4 aliphatic heterocycles. The van der Waals surface area contributed by atoms with E-state index in [2.05, 4.69) is 13.8 Å². The molecule has 8 aliphatic rings. The van der Waals surface area contributed by atoms with Crippen LogP contribution in [0.15, 0.2) is 11.6 Å². The lowest BCUT2D eigenvalue weighted by molar-refractivity contribution is -0.345. The number of carbonyl (C=O) groups excluding carboxylic acids is 1. The molecule has 0 aromatic heterocycles. The fourth-order valence-electron chi connectivity index (χ4n) is 12.1. The van der Waals surface area contributed by atoms with Crippen molar-refractivity contribution in [3.05, 3.63) is 11.6 Å². The summed E-state index contributed by atoms with van der Waals surface area (Å²) in [4.78, 5) is 11.9. The molecule has 48 heavy (non-hydrogen) atoms. The van der Waals surface area contributed by atoms with E-state index >= 15 is 0 Å². The highest BCUT2D eigenvalue weighted by Gasteiger charge is 2.86. The van der Waals surface area contributed by atoms with Crippen LogP contribution < -0.4 is 0 Å². The third kappa shape index (κ3) is 4.80. The molecule has 0 aromatic rings. The summed E-state index contributed by atoms with van der Waals surface area (Å²) in [6.45, 7) is 6.71. The van der Waals surface area contributed by atoms with Crippen molar-refractivity contribution in [2.75, 3.05) is 20.3 Å². The van der Waals surface area contributed by atoms with Gasteiger partial charge in [0.05, 0.1) is 24.9 Å². The van der Waals surface area contributed by atoms with E-state index in [0.29, 0.717) is 30.8 Å². The van der Waals surface area contributed by atoms with Gasteiger partial charge in [-0.2, -0.15) is 0 Å². The minimum atomic E-state index is -1.52. The van der Waals surface area contributed by atoms with Crippen LogP contribution in [0.3, 0.4) is 0 Å². The molecule has 0 amide bonds. The Bertz CT molecular complexity index is 1290. The highest BCUT2D eigenvalue weighted by molar-refractivity contribution is 5.85. The summed E-state index contributed by atoms with van der Waals surface area (Å²) in [5.41, 5.74) is 1.26. The van der Waals surface area contributed by atoms with Gasteiger partial charge >= 0.3 is 5.97 Å². The van der Waals surface area contributed by atoms with E-state index in [9.17, 15) is 25.2 Å². The van der Waals surface area contributed by atoms with E-state index in [4.69, 9.17) is 33.2 Å². The number of fused-ring (bicyclic) bond motifs is 2. The smallest absolute Gasteiger partial charge is 0.331 e. The summed E-state index contributed by atoms with van der Waals surface area (Å²) in [5.74, 6) is 1.22. The van der Waals surface area contributed by atoms with Gasteiger partial charge in [0.2, 0.25) is 0 Å². The Kier molecular flexibility index (Phi) is 8.43. The van der Waals surface area contributed by atoms with E-state index < -0.39 is 61.9 Å². The molecule has 4 N–H and O–H groups in total. The van der Waals surface area contributed by atoms with Crippen molar-refractivity contribution < 1.29 is 58.4 Å². The molecule has 7 fully saturated rings. The molecule has 0 bridgehead atoms. The van der Waals surface area contributed by atoms with Crippen molar-refractivity contribution in [1.29, 1.82) is 0 Å². The van der Waals surface area contributed by atoms with Crippen LogP contribution in [0.5, 0.6) is 0 Å². The first-order valence-electron chi connectivity index (χ1n) is 18.3. The largest absolute Gasteiger partial charge is 0.458 e. The number of epoxide rings is 1. The Balaban J connectivity index is 0.899. The Morgan fingerprint density at radius 2 is 1.75 bits per heavy atom. The van der Waals surface area contributed by atoms with Gasteiger partial charge in [0.25, 0.3) is 0 Å². The van der Waals surface area contributed by atoms with Gasteiger partial charge < -0.3 is 53.6 Å². The number of hydrogen-bond donors (Lipinski definition) is 4. The van der Waals surface area contributed by atoms with E-state index in [-0.39, 0.29) is 34.1 Å². The van der Waals surface area contributed by atoms with E-state index in [1.165, 1.54) is 5.57 Å². The number of aliphatic hydroxyl groups is 4. The molecule has 2 spiro atoms. The van der Waals surface area contributed by atoms with Crippen LogP contribution in [0.4, 0.5) is 0 Å². The quantitative estimate of drug-likeness (QED) is 0.176. The van der Waals surface area contributed by atoms with Crippen LogP contribution in [-0.4, -0.2) is 119 Å². The summed E-state index contributed by atoms with van der Waals surface area (Å²) in [5, 5.41) is 40.5. The van der Waals surface area contributed by atoms with Crippen molar-refractivity contribution in [3.8, 4) is 0 Å². The monoisotopic (exact) mass is 678 g/mol. The minimum Gasteiger partial charge on any atom is -0.458 e. The van der Waals surface area contributed by atoms with Crippen LogP contribution >= 0.6 is 0 Å². The molecular weight excluding hydrogens is 624 g/mol. The molecule has 4 heterocycles. The molecule has 0 unspecified atom stereocenters. The number of aliphatic hydroxyl groups excluding tert-OH is 4. The van der Waals surface area contributed by atoms with E-state index in [0.717, 1.165) is 57.8 Å². The van der Waals surface area contributed by atoms with Crippen molar-refractivity contribution in [1.82, 2.24) is 0 Å². The maximum Gasteiger partial charge on any atom is 0.331 e. The second-order valence-corrected chi connectivity index (χ2v) is 16.6. The lowest BCUT2D eigenvalue weighted by atomic mass is 9.44. The molecule has 3 saturated heterocycles. The molecule has 270 valence electrons. The second-order valence-electron chi connectivity index (χ2n) is 16.6. The Labute approximate surface area is 282 Å². The van der Waals surface area contributed by atoms with Gasteiger partial charge in [-0.15, -0.1) is 0 Å². The molecule has 8 rings (SSSR count). The summed E-state index contributed by atoms with van der Waals surface area (Å²) in [6.07, 6.45) is 3.09. The predicted octanol–water partition coefficient (Wildman–Crippen LogP) is 2.12. The lowest BCUT2D eigenvalue weighted by Gasteiger charge is -2.58. The highest BCUT2D eigenvalue weighted by atomic mass is 16.7. The number of carbonyl (C=O) groups is 1. The first kappa shape index (κ1) is 33.9. The van der Waals surface area contributed by atoms with Crippen molar-refractivity contribution in [3.63, 3.8) is 0 Å². The van der Waals surface area contributed by atoms with Gasteiger partial charge in [-0.05, 0) is 93.5 Å². The molecule has 12 nitrogen and oxygen atoms in total. The molecule has 0 radical (unpaired) electrons. The predicted molar refractivity (Wildman–Crippen MR) is 167 cm³/mol. The fourth-order valence-corrected chi connectivity index (χ4v) is 12.1. The van der Waals surface area contributed by atoms with Crippen LogP contribution in [0.25, 0.3) is 0 Å². The number of hydrogen-bond acceptors (Lipinski definition) is 12. The maximum absolute atomic E-state index is 11.9. The van der Waals surface area contributed by atoms with Gasteiger partial charge in [0.15, 0.2) is 12.6 Å². The summed E-state index contributed by atoms with van der Waals surface area (Å²) < 4.78 is 42.9. The number of methoxy groups -OCH3 is 1. The summed E-state index contributed by atoms with van der Waals surface area (Å²) in [6, 6.07) is 0.